The maximum atomic E-state index is 11.5. The van der Waals surface area contributed by atoms with Gasteiger partial charge in [0.15, 0.2) is 0 Å². The van der Waals surface area contributed by atoms with Crippen LogP contribution in [0.3, 0.4) is 0 Å². The van der Waals surface area contributed by atoms with E-state index in [-0.39, 0.29) is 18.3 Å². The summed E-state index contributed by atoms with van der Waals surface area (Å²) in [5, 5.41) is 6.13. The highest BCUT2D eigenvalue weighted by atomic mass is 35.5. The van der Waals surface area contributed by atoms with Gasteiger partial charge in [-0.15, -0.1) is 12.4 Å². The van der Waals surface area contributed by atoms with Crippen molar-refractivity contribution in [2.45, 2.75) is 51.5 Å². The number of amides is 1. The van der Waals surface area contributed by atoms with Crippen LogP contribution in [0, 0.1) is 5.92 Å². The Morgan fingerprint density at radius 3 is 2.75 bits per heavy atom. The van der Waals surface area contributed by atoms with Crippen molar-refractivity contribution in [2.75, 3.05) is 13.6 Å². The van der Waals surface area contributed by atoms with E-state index in [1.54, 1.807) is 0 Å². The van der Waals surface area contributed by atoms with Crippen LogP contribution in [0.4, 0.5) is 0 Å². The van der Waals surface area contributed by atoms with E-state index in [0.29, 0.717) is 12.5 Å². The molecule has 2 unspecified atom stereocenters. The highest BCUT2D eigenvalue weighted by molar-refractivity contribution is 5.85. The van der Waals surface area contributed by atoms with Crippen LogP contribution in [-0.2, 0) is 4.79 Å². The normalized spacial score (nSPS) is 24.6. The molecule has 0 heterocycles. The van der Waals surface area contributed by atoms with Gasteiger partial charge in [0.2, 0.25) is 5.91 Å². The second-order valence-corrected chi connectivity index (χ2v) is 4.56. The molecule has 1 aliphatic carbocycles. The van der Waals surface area contributed by atoms with Gasteiger partial charge in [0, 0.05) is 19.0 Å². The van der Waals surface area contributed by atoms with E-state index in [0.717, 1.165) is 12.5 Å². The maximum absolute atomic E-state index is 11.5. The summed E-state index contributed by atoms with van der Waals surface area (Å²) in [7, 11) is 1.88. The molecule has 0 radical (unpaired) electrons. The maximum Gasteiger partial charge on any atom is 0.221 e. The van der Waals surface area contributed by atoms with Gasteiger partial charge in [0.1, 0.15) is 0 Å². The first kappa shape index (κ1) is 15.7. The van der Waals surface area contributed by atoms with Crippen molar-refractivity contribution in [1.29, 1.82) is 0 Å². The third kappa shape index (κ3) is 5.71. The number of halogens is 1. The van der Waals surface area contributed by atoms with Crippen molar-refractivity contribution in [1.82, 2.24) is 10.6 Å². The summed E-state index contributed by atoms with van der Waals surface area (Å²) >= 11 is 0. The molecule has 0 saturated heterocycles. The fraction of sp³-hybridized carbons (Fsp3) is 0.917. The molecule has 0 aromatic carbocycles. The first-order valence-electron chi connectivity index (χ1n) is 6.20. The predicted molar refractivity (Wildman–Crippen MR) is 70.0 cm³/mol. The van der Waals surface area contributed by atoms with Crippen LogP contribution in [0.15, 0.2) is 0 Å². The van der Waals surface area contributed by atoms with E-state index in [1.165, 1.54) is 32.1 Å². The van der Waals surface area contributed by atoms with Crippen molar-refractivity contribution in [2.24, 2.45) is 5.92 Å². The molecule has 0 spiro atoms. The van der Waals surface area contributed by atoms with E-state index in [9.17, 15) is 4.79 Å². The van der Waals surface area contributed by atoms with Gasteiger partial charge in [-0.25, -0.2) is 0 Å². The molecule has 1 saturated carbocycles. The van der Waals surface area contributed by atoms with Gasteiger partial charge in [-0.1, -0.05) is 26.2 Å². The Hall–Kier alpha value is -0.280. The minimum atomic E-state index is 0. The highest BCUT2D eigenvalue weighted by Crippen LogP contribution is 2.26. The van der Waals surface area contributed by atoms with Crippen molar-refractivity contribution in [3.05, 3.63) is 0 Å². The van der Waals surface area contributed by atoms with E-state index in [4.69, 9.17) is 0 Å². The molecule has 0 aliphatic heterocycles. The summed E-state index contributed by atoms with van der Waals surface area (Å²) in [4.78, 5) is 11.5. The van der Waals surface area contributed by atoms with E-state index >= 15 is 0 Å². The van der Waals surface area contributed by atoms with Crippen LogP contribution < -0.4 is 10.6 Å². The predicted octanol–water partition coefficient (Wildman–Crippen LogP) is 2.10. The second kappa shape index (κ2) is 8.82. The number of hydrogen-bond donors (Lipinski definition) is 2. The van der Waals surface area contributed by atoms with Gasteiger partial charge in [-0.05, 0) is 25.8 Å². The van der Waals surface area contributed by atoms with Gasteiger partial charge < -0.3 is 10.6 Å². The molecule has 1 amide bonds. The summed E-state index contributed by atoms with van der Waals surface area (Å²) in [5.74, 6) is 1.03. The van der Waals surface area contributed by atoms with Gasteiger partial charge in [0.25, 0.3) is 0 Å². The largest absolute Gasteiger partial charge is 0.353 e. The Bertz CT molecular complexity index is 199. The lowest BCUT2D eigenvalue weighted by Crippen LogP contribution is -2.39. The Labute approximate surface area is 105 Å². The summed E-state index contributed by atoms with van der Waals surface area (Å²) < 4.78 is 0. The van der Waals surface area contributed by atoms with Gasteiger partial charge in [0.05, 0.1) is 0 Å². The molecular weight excluding hydrogens is 224 g/mol. The molecule has 0 bridgehead atoms. The average Bonchev–Trinajstić information content (AvgIpc) is 2.26. The lowest BCUT2D eigenvalue weighted by molar-refractivity contribution is -0.122. The molecule has 2 atom stereocenters. The molecular formula is C12H25ClN2O. The second-order valence-electron chi connectivity index (χ2n) is 4.56. The molecule has 96 valence electrons. The molecule has 2 N–H and O–H groups in total. The van der Waals surface area contributed by atoms with E-state index in [1.807, 2.05) is 7.05 Å². The third-order valence-corrected chi connectivity index (χ3v) is 3.33. The van der Waals surface area contributed by atoms with E-state index < -0.39 is 0 Å². The highest BCUT2D eigenvalue weighted by Gasteiger charge is 2.21. The number of rotatable bonds is 5. The zero-order chi connectivity index (χ0) is 11.1. The fourth-order valence-corrected chi connectivity index (χ4v) is 2.33. The number of carbonyl (C=O) groups is 1. The third-order valence-electron chi connectivity index (χ3n) is 3.33. The van der Waals surface area contributed by atoms with Crippen molar-refractivity contribution in [3.8, 4) is 0 Å². The van der Waals surface area contributed by atoms with Crippen molar-refractivity contribution >= 4 is 18.3 Å². The molecule has 0 aromatic rings. The molecule has 1 aliphatic rings. The van der Waals surface area contributed by atoms with Crippen molar-refractivity contribution in [3.63, 3.8) is 0 Å². The molecule has 1 fully saturated rings. The minimum Gasteiger partial charge on any atom is -0.353 e. The first-order chi connectivity index (χ1) is 7.26. The Morgan fingerprint density at radius 1 is 1.38 bits per heavy atom. The lowest BCUT2D eigenvalue weighted by atomic mass is 9.84. The van der Waals surface area contributed by atoms with E-state index in [2.05, 4.69) is 17.6 Å². The van der Waals surface area contributed by atoms with Crippen molar-refractivity contribution < 1.29 is 4.79 Å². The smallest absolute Gasteiger partial charge is 0.221 e. The quantitative estimate of drug-likeness (QED) is 0.783. The average molecular weight is 249 g/mol. The van der Waals surface area contributed by atoms with Crippen LogP contribution >= 0.6 is 12.4 Å². The van der Waals surface area contributed by atoms with Crippen LogP contribution in [-0.4, -0.2) is 25.5 Å². The SMILES string of the molecule is CCC1CCCC(NC(=O)CCNC)C1.Cl. The monoisotopic (exact) mass is 248 g/mol. The Balaban J connectivity index is 0.00000225. The summed E-state index contributed by atoms with van der Waals surface area (Å²) in [6, 6.07) is 0.438. The van der Waals surface area contributed by atoms with Gasteiger partial charge in [-0.2, -0.15) is 0 Å². The topological polar surface area (TPSA) is 41.1 Å². The van der Waals surface area contributed by atoms with Gasteiger partial charge >= 0.3 is 0 Å². The molecule has 16 heavy (non-hydrogen) atoms. The number of nitrogens with one attached hydrogen (secondary N) is 2. The van der Waals surface area contributed by atoms with Crippen LogP contribution in [0.5, 0.6) is 0 Å². The zero-order valence-corrected chi connectivity index (χ0v) is 11.2. The van der Waals surface area contributed by atoms with Crippen LogP contribution in [0.25, 0.3) is 0 Å². The minimum absolute atomic E-state index is 0. The number of hydrogen-bond acceptors (Lipinski definition) is 2. The lowest BCUT2D eigenvalue weighted by Gasteiger charge is -2.29. The summed E-state index contributed by atoms with van der Waals surface area (Å²) in [5.41, 5.74) is 0. The molecule has 4 heteroatoms. The summed E-state index contributed by atoms with van der Waals surface area (Å²) in [6.45, 7) is 3.02. The van der Waals surface area contributed by atoms with Crippen LogP contribution in [0.2, 0.25) is 0 Å². The first-order valence-corrected chi connectivity index (χ1v) is 6.20. The number of carbonyl (C=O) groups excluding carboxylic acids is 1. The fourth-order valence-electron chi connectivity index (χ4n) is 2.33. The van der Waals surface area contributed by atoms with Crippen LogP contribution in [0.1, 0.15) is 45.4 Å². The zero-order valence-electron chi connectivity index (χ0n) is 10.4. The Morgan fingerprint density at radius 2 is 2.12 bits per heavy atom. The standard InChI is InChI=1S/C12H24N2O.ClH/c1-3-10-5-4-6-11(9-10)14-12(15)7-8-13-2;/h10-11,13H,3-9H2,1-2H3,(H,14,15);1H. The Kier molecular flexibility index (Phi) is 8.67. The summed E-state index contributed by atoms with van der Waals surface area (Å²) in [6.07, 6.45) is 6.82. The molecule has 1 rings (SSSR count). The van der Waals surface area contributed by atoms with Gasteiger partial charge in [-0.3, -0.25) is 4.79 Å². The molecule has 0 aromatic heterocycles. The molecule has 3 nitrogen and oxygen atoms in total.